The first-order valence-corrected chi connectivity index (χ1v) is 9.71. The summed E-state index contributed by atoms with van der Waals surface area (Å²) in [6.07, 6.45) is 1.48. The molecule has 0 bridgehead atoms. The van der Waals surface area contributed by atoms with Crippen molar-refractivity contribution in [1.29, 1.82) is 0 Å². The first-order valence-electron chi connectivity index (χ1n) is 8.08. The predicted octanol–water partition coefficient (Wildman–Crippen LogP) is 3.52. The van der Waals surface area contributed by atoms with Crippen LogP contribution in [0.5, 0.6) is 0 Å². The number of nitrogens with zero attached hydrogens (tertiary/aromatic N) is 2. The quantitative estimate of drug-likeness (QED) is 0.498. The number of hydrogen-bond donors (Lipinski definition) is 1. The Kier molecular flexibility index (Phi) is 4.97. The Morgan fingerprint density at radius 1 is 1.32 bits per heavy atom. The summed E-state index contributed by atoms with van der Waals surface area (Å²) in [4.78, 5) is 44.3. The molecular weight excluding hydrogens is 402 g/mol. The number of hydrogen-bond acceptors (Lipinski definition) is 8. The average molecular weight is 415 g/mol. The summed E-state index contributed by atoms with van der Waals surface area (Å²) in [5.41, 5.74) is 1.78. The van der Waals surface area contributed by atoms with E-state index in [1.807, 2.05) is 24.3 Å². The molecule has 1 aliphatic heterocycles. The number of fused-ring (bicyclic) bond motifs is 1. The Bertz CT molecular complexity index is 1080. The zero-order chi connectivity index (χ0) is 19.7. The van der Waals surface area contributed by atoms with E-state index >= 15 is 0 Å². The first-order chi connectivity index (χ1) is 13.5. The number of rotatable bonds is 5. The van der Waals surface area contributed by atoms with E-state index in [2.05, 4.69) is 14.7 Å². The van der Waals surface area contributed by atoms with E-state index in [1.165, 1.54) is 24.9 Å². The molecule has 8 nitrogen and oxygen atoms in total. The van der Waals surface area contributed by atoms with Crippen molar-refractivity contribution in [2.75, 3.05) is 13.7 Å². The molecule has 4 rings (SSSR count). The monoisotopic (exact) mass is 415 g/mol. The molecule has 1 N–H and O–H groups in total. The minimum atomic E-state index is -0.661. The lowest BCUT2D eigenvalue weighted by atomic mass is 10.3. The molecule has 1 saturated heterocycles. The van der Waals surface area contributed by atoms with Crippen molar-refractivity contribution in [1.82, 2.24) is 14.9 Å². The number of furan rings is 1. The number of thioether (sulfide) groups is 1. The molecule has 142 valence electrons. The van der Waals surface area contributed by atoms with E-state index in [9.17, 15) is 14.4 Å². The van der Waals surface area contributed by atoms with Gasteiger partial charge in [0.15, 0.2) is 10.2 Å². The summed E-state index contributed by atoms with van der Waals surface area (Å²) in [6.45, 7) is -0.413. The van der Waals surface area contributed by atoms with E-state index in [0.717, 1.165) is 27.7 Å². The summed E-state index contributed by atoms with van der Waals surface area (Å²) < 4.78 is 10.2. The van der Waals surface area contributed by atoms with Crippen LogP contribution in [0, 0.1) is 0 Å². The third kappa shape index (κ3) is 3.69. The summed E-state index contributed by atoms with van der Waals surface area (Å²) >= 11 is 2.06. The van der Waals surface area contributed by atoms with Crippen molar-refractivity contribution < 1.29 is 23.5 Å². The minimum Gasteiger partial charge on any atom is -0.468 e. The number of imide groups is 1. The Morgan fingerprint density at radius 2 is 2.14 bits per heavy atom. The lowest BCUT2D eigenvalue weighted by molar-refractivity contribution is -0.143. The van der Waals surface area contributed by atoms with Crippen LogP contribution in [-0.2, 0) is 14.3 Å². The number of aromatic nitrogens is 2. The number of carbonyl (C=O) groups is 3. The number of imidazole rings is 1. The Balaban J connectivity index is 1.49. The SMILES string of the molecule is COC(=O)CN1C(=O)S/C(=C/c2ccc(Sc3nc4ccccc4[nH]3)o2)C1=O. The van der Waals surface area contributed by atoms with E-state index < -0.39 is 23.7 Å². The first kappa shape index (κ1) is 18.4. The Hall–Kier alpha value is -2.98. The molecule has 0 saturated carbocycles. The topological polar surface area (TPSA) is 106 Å². The maximum atomic E-state index is 12.3. The summed E-state index contributed by atoms with van der Waals surface area (Å²) in [5.74, 6) is -0.795. The van der Waals surface area contributed by atoms with E-state index in [-0.39, 0.29) is 4.91 Å². The van der Waals surface area contributed by atoms with Gasteiger partial charge in [0.1, 0.15) is 12.3 Å². The van der Waals surface area contributed by atoms with Gasteiger partial charge in [-0.1, -0.05) is 12.1 Å². The van der Waals surface area contributed by atoms with Gasteiger partial charge in [-0.05, 0) is 47.8 Å². The maximum absolute atomic E-state index is 12.3. The normalized spacial score (nSPS) is 15.8. The highest BCUT2D eigenvalue weighted by atomic mass is 32.2. The number of amides is 2. The van der Waals surface area contributed by atoms with Gasteiger partial charge in [0.05, 0.1) is 23.0 Å². The van der Waals surface area contributed by atoms with Crippen molar-refractivity contribution in [2.45, 2.75) is 10.2 Å². The van der Waals surface area contributed by atoms with E-state index in [4.69, 9.17) is 4.42 Å². The van der Waals surface area contributed by atoms with Crippen molar-refractivity contribution in [3.63, 3.8) is 0 Å². The van der Waals surface area contributed by atoms with Gasteiger partial charge in [-0.2, -0.15) is 0 Å². The second kappa shape index (κ2) is 7.56. The summed E-state index contributed by atoms with van der Waals surface area (Å²) in [5, 5.41) is 0.740. The molecule has 1 aliphatic rings. The van der Waals surface area contributed by atoms with E-state index in [1.54, 1.807) is 12.1 Å². The lowest BCUT2D eigenvalue weighted by Crippen LogP contribution is -2.34. The standard InChI is InChI=1S/C18H13N3O5S2/c1-25-14(22)9-21-16(23)13(27-18(21)24)8-10-6-7-15(26-10)28-17-19-11-4-2-3-5-12(11)20-17/h2-8H,9H2,1H3,(H,19,20)/b13-8+. The van der Waals surface area contributed by atoms with Crippen molar-refractivity contribution in [2.24, 2.45) is 0 Å². The van der Waals surface area contributed by atoms with Crippen LogP contribution in [0.4, 0.5) is 4.79 Å². The molecule has 28 heavy (non-hydrogen) atoms. The molecule has 0 spiro atoms. The van der Waals surface area contributed by atoms with Crippen LogP contribution in [-0.4, -0.2) is 45.6 Å². The third-order valence-corrected chi connectivity index (χ3v) is 5.54. The molecule has 1 fully saturated rings. The maximum Gasteiger partial charge on any atom is 0.325 e. The fraction of sp³-hybridized carbons (Fsp3) is 0.111. The number of benzene rings is 1. The Labute approximate surface area is 167 Å². The second-order valence-electron chi connectivity index (χ2n) is 5.66. The van der Waals surface area contributed by atoms with Crippen LogP contribution in [0.1, 0.15) is 5.76 Å². The van der Waals surface area contributed by atoms with Crippen LogP contribution < -0.4 is 0 Å². The molecule has 0 radical (unpaired) electrons. The van der Waals surface area contributed by atoms with Gasteiger partial charge >= 0.3 is 5.97 Å². The molecular formula is C18H13N3O5S2. The molecule has 1 aromatic carbocycles. The fourth-order valence-electron chi connectivity index (χ4n) is 2.50. The van der Waals surface area contributed by atoms with Crippen LogP contribution in [0.3, 0.4) is 0 Å². The second-order valence-corrected chi connectivity index (χ2v) is 7.65. The zero-order valence-corrected chi connectivity index (χ0v) is 16.1. The summed E-state index contributed by atoms with van der Waals surface area (Å²) in [6, 6.07) is 11.1. The van der Waals surface area contributed by atoms with Gasteiger partial charge in [-0.25, -0.2) is 4.98 Å². The van der Waals surface area contributed by atoms with Crippen molar-refractivity contribution in [3.05, 3.63) is 47.1 Å². The zero-order valence-electron chi connectivity index (χ0n) is 14.5. The highest BCUT2D eigenvalue weighted by Crippen LogP contribution is 2.34. The number of para-hydroxylation sites is 2. The van der Waals surface area contributed by atoms with E-state index in [0.29, 0.717) is 16.0 Å². The fourth-order valence-corrected chi connectivity index (χ4v) is 4.09. The van der Waals surface area contributed by atoms with Crippen LogP contribution in [0.15, 0.2) is 56.0 Å². The van der Waals surface area contributed by atoms with Crippen molar-refractivity contribution >= 4 is 57.7 Å². The number of esters is 1. The lowest BCUT2D eigenvalue weighted by Gasteiger charge is -2.09. The highest BCUT2D eigenvalue weighted by Gasteiger charge is 2.36. The smallest absolute Gasteiger partial charge is 0.325 e. The average Bonchev–Trinajstić information content (AvgIpc) is 3.36. The molecule has 0 atom stereocenters. The van der Waals surface area contributed by atoms with Crippen LogP contribution in [0.2, 0.25) is 0 Å². The van der Waals surface area contributed by atoms with Gasteiger partial charge in [-0.3, -0.25) is 19.3 Å². The van der Waals surface area contributed by atoms with Crippen LogP contribution >= 0.6 is 23.5 Å². The number of H-pyrrole nitrogens is 1. The van der Waals surface area contributed by atoms with Crippen molar-refractivity contribution in [3.8, 4) is 0 Å². The molecule has 0 unspecified atom stereocenters. The predicted molar refractivity (Wildman–Crippen MR) is 104 cm³/mol. The van der Waals surface area contributed by atoms with Gasteiger partial charge in [0, 0.05) is 6.08 Å². The molecule has 2 aromatic heterocycles. The molecule has 3 heterocycles. The number of nitrogens with one attached hydrogen (secondary N) is 1. The molecule has 2 amide bonds. The Morgan fingerprint density at radius 3 is 2.93 bits per heavy atom. The third-order valence-electron chi connectivity index (χ3n) is 3.83. The van der Waals surface area contributed by atoms with Crippen LogP contribution in [0.25, 0.3) is 17.1 Å². The summed E-state index contributed by atoms with van der Waals surface area (Å²) in [7, 11) is 1.20. The molecule has 0 aliphatic carbocycles. The van der Waals surface area contributed by atoms with Gasteiger partial charge in [0.2, 0.25) is 0 Å². The number of carbonyl (C=O) groups excluding carboxylic acids is 3. The number of methoxy groups -OCH3 is 1. The number of aromatic amines is 1. The number of ether oxygens (including phenoxy) is 1. The van der Waals surface area contributed by atoms with Gasteiger partial charge in [0.25, 0.3) is 11.1 Å². The van der Waals surface area contributed by atoms with Gasteiger partial charge in [-0.15, -0.1) is 0 Å². The van der Waals surface area contributed by atoms with Gasteiger partial charge < -0.3 is 14.1 Å². The minimum absolute atomic E-state index is 0.184. The largest absolute Gasteiger partial charge is 0.468 e. The molecule has 10 heteroatoms. The molecule has 3 aromatic rings. The highest BCUT2D eigenvalue weighted by molar-refractivity contribution is 8.18.